The van der Waals surface area contributed by atoms with Gasteiger partial charge < -0.3 is 10.1 Å². The van der Waals surface area contributed by atoms with Gasteiger partial charge in [0.15, 0.2) is 0 Å². The molecule has 0 amide bonds. The molecule has 1 N–H and O–H groups in total. The number of aromatic nitrogens is 4. The second-order valence-corrected chi connectivity index (χ2v) is 4.67. The number of halogens is 1. The van der Waals surface area contributed by atoms with E-state index in [1.807, 2.05) is 20.2 Å². The highest BCUT2D eigenvalue weighted by molar-refractivity contribution is 9.10. The fourth-order valence-corrected chi connectivity index (χ4v) is 1.93. The molecule has 0 aromatic carbocycles. The average molecular weight is 312 g/mol. The summed E-state index contributed by atoms with van der Waals surface area (Å²) in [6.45, 7) is 2.60. The first-order valence-electron chi connectivity index (χ1n) is 5.39. The van der Waals surface area contributed by atoms with Gasteiger partial charge in [0.2, 0.25) is 11.8 Å². The number of hydrogen-bond donors (Lipinski definition) is 1. The van der Waals surface area contributed by atoms with Gasteiger partial charge >= 0.3 is 0 Å². The van der Waals surface area contributed by atoms with Gasteiger partial charge in [-0.1, -0.05) is 0 Å². The van der Waals surface area contributed by atoms with E-state index >= 15 is 0 Å². The number of anilines is 1. The van der Waals surface area contributed by atoms with E-state index in [1.165, 1.54) is 0 Å². The van der Waals surface area contributed by atoms with Crippen LogP contribution in [-0.4, -0.2) is 26.9 Å². The van der Waals surface area contributed by atoms with Crippen molar-refractivity contribution in [1.29, 1.82) is 0 Å². The standard InChI is InChI=1S/C11H14BrN5O/c1-7-8(6-17(2)16-7)4-13-11-14-5-9(12)10(15-11)18-3/h5-6H,4H2,1-3H3,(H,13,14,15). The predicted molar refractivity (Wildman–Crippen MR) is 71.6 cm³/mol. The Bertz CT molecular complexity index is 554. The van der Waals surface area contributed by atoms with Crippen molar-refractivity contribution in [2.45, 2.75) is 13.5 Å². The van der Waals surface area contributed by atoms with Crippen LogP contribution in [0.25, 0.3) is 0 Å². The van der Waals surface area contributed by atoms with Gasteiger partial charge in [-0.2, -0.15) is 10.1 Å². The largest absolute Gasteiger partial charge is 0.480 e. The Kier molecular flexibility index (Phi) is 3.81. The summed E-state index contributed by atoms with van der Waals surface area (Å²) < 4.78 is 7.63. The molecule has 0 aliphatic heterocycles. The fourth-order valence-electron chi connectivity index (χ4n) is 1.58. The van der Waals surface area contributed by atoms with E-state index in [4.69, 9.17) is 4.74 Å². The van der Waals surface area contributed by atoms with Gasteiger partial charge in [0.25, 0.3) is 0 Å². The smallest absolute Gasteiger partial charge is 0.232 e. The van der Waals surface area contributed by atoms with Crippen LogP contribution in [0, 0.1) is 6.92 Å². The molecule has 2 rings (SSSR count). The molecule has 6 nitrogen and oxygen atoms in total. The molecule has 0 saturated carbocycles. The second kappa shape index (κ2) is 5.34. The molecular weight excluding hydrogens is 298 g/mol. The highest BCUT2D eigenvalue weighted by Crippen LogP contribution is 2.22. The highest BCUT2D eigenvalue weighted by Gasteiger charge is 2.06. The Hall–Kier alpha value is -1.63. The third kappa shape index (κ3) is 2.79. The predicted octanol–water partition coefficient (Wildman–Crippen LogP) is 1.90. The lowest BCUT2D eigenvalue weighted by Crippen LogP contribution is -2.05. The van der Waals surface area contributed by atoms with Crippen LogP contribution in [0.4, 0.5) is 5.95 Å². The number of nitrogens with zero attached hydrogens (tertiary/aromatic N) is 4. The molecule has 2 aromatic heterocycles. The van der Waals surface area contributed by atoms with Crippen LogP contribution in [0.3, 0.4) is 0 Å². The Morgan fingerprint density at radius 3 is 2.89 bits per heavy atom. The van der Waals surface area contributed by atoms with E-state index in [9.17, 15) is 0 Å². The van der Waals surface area contributed by atoms with Crippen molar-refractivity contribution in [2.24, 2.45) is 7.05 Å². The Morgan fingerprint density at radius 1 is 1.50 bits per heavy atom. The van der Waals surface area contributed by atoms with Crippen molar-refractivity contribution >= 4 is 21.9 Å². The van der Waals surface area contributed by atoms with Crippen LogP contribution in [0.2, 0.25) is 0 Å². The van der Waals surface area contributed by atoms with Crippen molar-refractivity contribution in [3.05, 3.63) is 28.1 Å². The number of rotatable bonds is 4. The molecule has 0 radical (unpaired) electrons. The minimum Gasteiger partial charge on any atom is -0.480 e. The lowest BCUT2D eigenvalue weighted by molar-refractivity contribution is 0.394. The summed E-state index contributed by atoms with van der Waals surface area (Å²) in [6.07, 6.45) is 3.63. The molecule has 18 heavy (non-hydrogen) atoms. The SMILES string of the molecule is COc1nc(NCc2cn(C)nc2C)ncc1Br. The van der Waals surface area contributed by atoms with Crippen LogP contribution in [0.5, 0.6) is 5.88 Å². The Labute approximate surface area is 114 Å². The second-order valence-electron chi connectivity index (χ2n) is 3.82. The van der Waals surface area contributed by atoms with Crippen molar-refractivity contribution in [3.63, 3.8) is 0 Å². The molecule has 0 spiro atoms. The minimum absolute atomic E-state index is 0.510. The topological polar surface area (TPSA) is 64.9 Å². The number of hydrogen-bond acceptors (Lipinski definition) is 5. The zero-order valence-electron chi connectivity index (χ0n) is 10.4. The van der Waals surface area contributed by atoms with E-state index in [1.54, 1.807) is 18.0 Å². The molecule has 0 bridgehead atoms. The van der Waals surface area contributed by atoms with E-state index in [2.05, 4.69) is 36.3 Å². The molecule has 2 aromatic rings. The van der Waals surface area contributed by atoms with Gasteiger partial charge in [-0.05, 0) is 22.9 Å². The Morgan fingerprint density at radius 2 is 2.28 bits per heavy atom. The van der Waals surface area contributed by atoms with Crippen molar-refractivity contribution in [1.82, 2.24) is 19.7 Å². The minimum atomic E-state index is 0.510. The maximum Gasteiger partial charge on any atom is 0.232 e. The van der Waals surface area contributed by atoms with Gasteiger partial charge in [0.05, 0.1) is 23.5 Å². The third-order valence-electron chi connectivity index (χ3n) is 2.46. The van der Waals surface area contributed by atoms with Crippen molar-refractivity contribution in [2.75, 3.05) is 12.4 Å². The number of nitrogens with one attached hydrogen (secondary N) is 1. The summed E-state index contributed by atoms with van der Waals surface area (Å²) in [5, 5.41) is 7.42. The lowest BCUT2D eigenvalue weighted by Gasteiger charge is -2.06. The maximum absolute atomic E-state index is 5.11. The summed E-state index contributed by atoms with van der Waals surface area (Å²) in [5.41, 5.74) is 2.11. The van der Waals surface area contributed by atoms with Crippen molar-refractivity contribution < 1.29 is 4.74 Å². The quantitative estimate of drug-likeness (QED) is 0.934. The summed E-state index contributed by atoms with van der Waals surface area (Å²) in [7, 11) is 3.47. The number of aryl methyl sites for hydroxylation is 2. The van der Waals surface area contributed by atoms with E-state index in [0.29, 0.717) is 18.4 Å². The number of ether oxygens (including phenoxy) is 1. The zero-order valence-corrected chi connectivity index (χ0v) is 12.0. The zero-order chi connectivity index (χ0) is 13.1. The van der Waals surface area contributed by atoms with Gasteiger partial charge in [-0.25, -0.2) is 4.98 Å². The van der Waals surface area contributed by atoms with Gasteiger partial charge in [0.1, 0.15) is 0 Å². The Balaban J connectivity index is 2.08. The summed E-state index contributed by atoms with van der Waals surface area (Å²) in [6, 6.07) is 0. The van der Waals surface area contributed by atoms with Crippen LogP contribution in [0.15, 0.2) is 16.9 Å². The summed E-state index contributed by atoms with van der Waals surface area (Å²) in [4.78, 5) is 8.39. The van der Waals surface area contributed by atoms with Crippen LogP contribution < -0.4 is 10.1 Å². The molecule has 0 saturated heterocycles. The van der Waals surface area contributed by atoms with Crippen LogP contribution in [0.1, 0.15) is 11.3 Å². The molecule has 7 heteroatoms. The third-order valence-corrected chi connectivity index (χ3v) is 3.00. The highest BCUT2D eigenvalue weighted by atomic mass is 79.9. The van der Waals surface area contributed by atoms with Gasteiger partial charge in [0, 0.05) is 25.4 Å². The van der Waals surface area contributed by atoms with Crippen molar-refractivity contribution in [3.8, 4) is 5.88 Å². The molecule has 96 valence electrons. The molecule has 0 aliphatic rings. The van der Waals surface area contributed by atoms with Crippen LogP contribution >= 0.6 is 15.9 Å². The summed E-state index contributed by atoms with van der Waals surface area (Å²) >= 11 is 3.31. The monoisotopic (exact) mass is 311 g/mol. The van der Waals surface area contributed by atoms with E-state index in [-0.39, 0.29) is 0 Å². The number of methoxy groups -OCH3 is 1. The average Bonchev–Trinajstić information content (AvgIpc) is 2.67. The lowest BCUT2D eigenvalue weighted by atomic mass is 10.3. The van der Waals surface area contributed by atoms with E-state index < -0.39 is 0 Å². The van der Waals surface area contributed by atoms with Gasteiger partial charge in [-0.3, -0.25) is 4.68 Å². The first kappa shape index (κ1) is 12.8. The summed E-state index contributed by atoms with van der Waals surface area (Å²) in [5.74, 6) is 1.04. The first-order valence-corrected chi connectivity index (χ1v) is 6.19. The normalized spacial score (nSPS) is 10.4. The first-order chi connectivity index (χ1) is 8.60. The molecule has 0 aliphatic carbocycles. The molecular formula is C11H14BrN5O. The van der Waals surface area contributed by atoms with E-state index in [0.717, 1.165) is 15.7 Å². The molecule has 0 unspecified atom stereocenters. The molecule has 0 fully saturated rings. The van der Waals surface area contributed by atoms with Gasteiger partial charge in [-0.15, -0.1) is 0 Å². The molecule has 2 heterocycles. The molecule has 0 atom stereocenters. The van der Waals surface area contributed by atoms with Crippen LogP contribution in [-0.2, 0) is 13.6 Å². The maximum atomic E-state index is 5.11. The fraction of sp³-hybridized carbons (Fsp3) is 0.364.